The lowest BCUT2D eigenvalue weighted by atomic mass is 9.87. The number of aromatic amines is 1. The number of hydrogen-bond donors (Lipinski definition) is 3. The van der Waals surface area contributed by atoms with Crippen LogP contribution in [-0.2, 0) is 4.79 Å². The summed E-state index contributed by atoms with van der Waals surface area (Å²) >= 11 is 0. The van der Waals surface area contributed by atoms with Gasteiger partial charge in [0.15, 0.2) is 0 Å². The smallest absolute Gasteiger partial charge is 0.335 e. The summed E-state index contributed by atoms with van der Waals surface area (Å²) < 4.78 is 1.82. The lowest BCUT2D eigenvalue weighted by Crippen LogP contribution is -2.27. The number of carboxylic acid groups (broad SMARTS) is 1. The van der Waals surface area contributed by atoms with Gasteiger partial charge in [0, 0.05) is 12.3 Å². The van der Waals surface area contributed by atoms with Gasteiger partial charge in [-0.2, -0.15) is 0 Å². The second kappa shape index (κ2) is 5.91. The molecule has 25 heavy (non-hydrogen) atoms. The molecule has 1 aliphatic carbocycles. The van der Waals surface area contributed by atoms with Crippen LogP contribution in [-0.4, -0.2) is 26.8 Å². The zero-order valence-corrected chi connectivity index (χ0v) is 13.6. The third-order valence-electron chi connectivity index (χ3n) is 5.21. The Labute approximate surface area is 143 Å². The van der Waals surface area contributed by atoms with Crippen molar-refractivity contribution in [2.75, 3.05) is 5.32 Å². The molecular formula is C18H19N3O4. The van der Waals surface area contributed by atoms with Gasteiger partial charge in [-0.3, -0.25) is 19.4 Å². The zero-order valence-electron chi connectivity index (χ0n) is 13.6. The van der Waals surface area contributed by atoms with E-state index < -0.39 is 5.97 Å². The van der Waals surface area contributed by atoms with Crippen LogP contribution >= 0.6 is 0 Å². The first-order chi connectivity index (χ1) is 12.0. The maximum atomic E-state index is 12.6. The van der Waals surface area contributed by atoms with Crippen LogP contribution in [0.5, 0.6) is 0 Å². The molecule has 4 rings (SSSR count). The minimum atomic E-state index is -1.00. The molecule has 1 aromatic heterocycles. The van der Waals surface area contributed by atoms with Crippen molar-refractivity contribution in [2.45, 2.75) is 44.1 Å². The zero-order chi connectivity index (χ0) is 17.6. The standard InChI is InChI=1S/C18H19N3O4/c22-14-9-13(10-5-7-11(8-6-10)18(24)25)15-16(19-14)21(20-17(15)23)12-3-1-2-4-12/h5-8,12-13H,1-4,9H2,(H,19,22)(H,20,23)(H,24,25). The number of rotatable bonds is 3. The molecule has 1 aromatic carbocycles. The fourth-order valence-electron chi connectivity index (χ4n) is 3.96. The van der Waals surface area contributed by atoms with Gasteiger partial charge in [-0.25, -0.2) is 4.79 Å². The Morgan fingerprint density at radius 3 is 2.44 bits per heavy atom. The second-order valence-corrected chi connectivity index (χ2v) is 6.74. The Morgan fingerprint density at radius 2 is 1.80 bits per heavy atom. The maximum absolute atomic E-state index is 12.6. The summed E-state index contributed by atoms with van der Waals surface area (Å²) in [6.45, 7) is 0. The van der Waals surface area contributed by atoms with Gasteiger partial charge in [-0.15, -0.1) is 0 Å². The predicted molar refractivity (Wildman–Crippen MR) is 91.0 cm³/mol. The van der Waals surface area contributed by atoms with Crippen LogP contribution in [0.25, 0.3) is 0 Å². The van der Waals surface area contributed by atoms with Crippen LogP contribution in [0.15, 0.2) is 29.1 Å². The molecule has 1 fully saturated rings. The number of hydrogen-bond acceptors (Lipinski definition) is 3. The van der Waals surface area contributed by atoms with Gasteiger partial charge < -0.3 is 10.4 Å². The van der Waals surface area contributed by atoms with E-state index in [9.17, 15) is 14.4 Å². The molecule has 2 aliphatic rings. The van der Waals surface area contributed by atoms with Crippen molar-refractivity contribution in [3.8, 4) is 0 Å². The molecule has 1 atom stereocenters. The molecule has 130 valence electrons. The fourth-order valence-corrected chi connectivity index (χ4v) is 3.96. The molecule has 0 radical (unpaired) electrons. The molecule has 1 amide bonds. The van der Waals surface area contributed by atoms with E-state index in [2.05, 4.69) is 10.4 Å². The average Bonchev–Trinajstić information content (AvgIpc) is 3.22. The number of nitrogens with one attached hydrogen (secondary N) is 2. The van der Waals surface area contributed by atoms with Gasteiger partial charge >= 0.3 is 5.97 Å². The lowest BCUT2D eigenvalue weighted by Gasteiger charge is -2.25. The highest BCUT2D eigenvalue weighted by atomic mass is 16.4. The summed E-state index contributed by atoms with van der Waals surface area (Å²) in [5.74, 6) is -0.928. The van der Waals surface area contributed by atoms with E-state index in [1.165, 1.54) is 12.1 Å². The van der Waals surface area contributed by atoms with E-state index in [1.54, 1.807) is 12.1 Å². The van der Waals surface area contributed by atoms with Crippen molar-refractivity contribution in [2.24, 2.45) is 0 Å². The van der Waals surface area contributed by atoms with Crippen LogP contribution in [0.4, 0.5) is 5.82 Å². The van der Waals surface area contributed by atoms with Crippen molar-refractivity contribution in [3.05, 3.63) is 51.3 Å². The predicted octanol–water partition coefficient (Wildman–Crippen LogP) is 2.46. The molecule has 7 heteroatoms. The van der Waals surface area contributed by atoms with E-state index in [-0.39, 0.29) is 35.4 Å². The average molecular weight is 341 g/mol. The Kier molecular flexibility index (Phi) is 3.71. The highest BCUT2D eigenvalue weighted by Gasteiger charge is 2.34. The van der Waals surface area contributed by atoms with Crippen LogP contribution in [0.2, 0.25) is 0 Å². The summed E-state index contributed by atoms with van der Waals surface area (Å²) in [6.07, 6.45) is 4.40. The molecule has 2 heterocycles. The van der Waals surface area contributed by atoms with E-state index in [4.69, 9.17) is 5.11 Å². The molecular weight excluding hydrogens is 322 g/mol. The highest BCUT2D eigenvalue weighted by molar-refractivity contribution is 5.94. The molecule has 1 aliphatic heterocycles. The van der Waals surface area contributed by atoms with Crippen molar-refractivity contribution in [3.63, 3.8) is 0 Å². The normalized spacial score (nSPS) is 20.3. The number of carboxylic acids is 1. The first-order valence-electron chi connectivity index (χ1n) is 8.52. The summed E-state index contributed by atoms with van der Waals surface area (Å²) in [6, 6.07) is 6.59. The van der Waals surface area contributed by atoms with Crippen LogP contribution in [0.1, 0.15) is 65.5 Å². The fraction of sp³-hybridized carbons (Fsp3) is 0.389. The molecule has 1 saturated carbocycles. The number of H-pyrrole nitrogens is 1. The molecule has 1 unspecified atom stereocenters. The number of amides is 1. The van der Waals surface area contributed by atoms with Crippen LogP contribution in [0, 0.1) is 0 Å². The number of nitrogens with zero attached hydrogens (tertiary/aromatic N) is 1. The third kappa shape index (κ3) is 2.65. The van der Waals surface area contributed by atoms with Gasteiger partial charge in [0.25, 0.3) is 5.56 Å². The molecule has 0 bridgehead atoms. The summed E-state index contributed by atoms with van der Waals surface area (Å²) in [5.41, 5.74) is 1.33. The molecule has 2 aromatic rings. The molecule has 0 spiro atoms. The number of benzene rings is 1. The van der Waals surface area contributed by atoms with Crippen molar-refractivity contribution in [1.82, 2.24) is 9.78 Å². The van der Waals surface area contributed by atoms with Crippen molar-refractivity contribution < 1.29 is 14.7 Å². The van der Waals surface area contributed by atoms with E-state index in [0.717, 1.165) is 31.2 Å². The number of aromatic nitrogens is 2. The number of carbonyl (C=O) groups is 2. The third-order valence-corrected chi connectivity index (χ3v) is 5.21. The van der Waals surface area contributed by atoms with Gasteiger partial charge in [-0.05, 0) is 30.5 Å². The molecule has 3 N–H and O–H groups in total. The number of fused-ring (bicyclic) bond motifs is 1. The Bertz CT molecular complexity index is 888. The first-order valence-corrected chi connectivity index (χ1v) is 8.52. The minimum Gasteiger partial charge on any atom is -0.478 e. The Morgan fingerprint density at radius 1 is 1.12 bits per heavy atom. The topological polar surface area (TPSA) is 104 Å². The van der Waals surface area contributed by atoms with Crippen molar-refractivity contribution in [1.29, 1.82) is 0 Å². The number of carbonyl (C=O) groups excluding carboxylic acids is 1. The van der Waals surface area contributed by atoms with Crippen LogP contribution < -0.4 is 10.9 Å². The summed E-state index contributed by atoms with van der Waals surface area (Å²) in [7, 11) is 0. The van der Waals surface area contributed by atoms with E-state index >= 15 is 0 Å². The van der Waals surface area contributed by atoms with Gasteiger partial charge in [0.2, 0.25) is 5.91 Å². The minimum absolute atomic E-state index is 0.134. The highest BCUT2D eigenvalue weighted by Crippen LogP contribution is 2.38. The summed E-state index contributed by atoms with van der Waals surface area (Å²) in [4.78, 5) is 35.8. The Balaban J connectivity index is 1.78. The monoisotopic (exact) mass is 341 g/mol. The van der Waals surface area contributed by atoms with Gasteiger partial charge in [0.05, 0.1) is 17.2 Å². The summed E-state index contributed by atoms with van der Waals surface area (Å²) in [5, 5.41) is 14.8. The van der Waals surface area contributed by atoms with E-state index in [0.29, 0.717) is 11.4 Å². The molecule has 7 nitrogen and oxygen atoms in total. The van der Waals surface area contributed by atoms with Gasteiger partial charge in [0.1, 0.15) is 5.82 Å². The second-order valence-electron chi connectivity index (χ2n) is 6.74. The quantitative estimate of drug-likeness (QED) is 0.797. The van der Waals surface area contributed by atoms with Gasteiger partial charge in [-0.1, -0.05) is 25.0 Å². The lowest BCUT2D eigenvalue weighted by molar-refractivity contribution is -0.116. The number of anilines is 1. The SMILES string of the molecule is O=C1CC(c2ccc(C(=O)O)cc2)c2c(n(C3CCCC3)[nH]c2=O)N1. The Hall–Kier alpha value is -2.83. The first kappa shape index (κ1) is 15.7. The maximum Gasteiger partial charge on any atom is 0.335 e. The van der Waals surface area contributed by atoms with Crippen molar-refractivity contribution >= 4 is 17.7 Å². The van der Waals surface area contributed by atoms with E-state index in [1.807, 2.05) is 4.68 Å². The number of aromatic carboxylic acids is 1. The largest absolute Gasteiger partial charge is 0.478 e. The van der Waals surface area contributed by atoms with Crippen LogP contribution in [0.3, 0.4) is 0 Å². The molecule has 0 saturated heterocycles.